The van der Waals surface area contributed by atoms with Crippen LogP contribution in [-0.4, -0.2) is 15.0 Å². The van der Waals surface area contributed by atoms with Gasteiger partial charge in [-0.1, -0.05) is 158 Å². The van der Waals surface area contributed by atoms with E-state index < -0.39 is 0 Å². The summed E-state index contributed by atoms with van der Waals surface area (Å²) < 4.78 is 13.2. The van der Waals surface area contributed by atoms with Crippen molar-refractivity contribution in [3.8, 4) is 51.0 Å². The average molecular weight is 744 g/mol. The molecular formula is C53H33N3O2. The van der Waals surface area contributed by atoms with Gasteiger partial charge in [-0.25, -0.2) is 15.0 Å². The molecule has 1 aliphatic carbocycles. The van der Waals surface area contributed by atoms with E-state index in [9.17, 15) is 0 Å². The van der Waals surface area contributed by atoms with Crippen molar-refractivity contribution in [2.75, 3.05) is 0 Å². The Labute approximate surface area is 334 Å². The second-order valence-corrected chi connectivity index (χ2v) is 15.1. The lowest BCUT2D eigenvalue weighted by Crippen LogP contribution is -2.12. The molecule has 2 aromatic heterocycles. The first-order valence-electron chi connectivity index (χ1n) is 19.7. The van der Waals surface area contributed by atoms with Crippen molar-refractivity contribution in [1.82, 2.24) is 15.0 Å². The summed E-state index contributed by atoms with van der Waals surface area (Å²) in [6.07, 6.45) is 6.45. The summed E-state index contributed by atoms with van der Waals surface area (Å²) in [4.78, 5) is 15.6. The molecule has 0 amide bonds. The maximum absolute atomic E-state index is 6.83. The average Bonchev–Trinajstić information content (AvgIpc) is 3.88. The first-order chi connectivity index (χ1) is 28.7. The number of fused-ring (bicyclic) bond motifs is 8. The highest BCUT2D eigenvalue weighted by Gasteiger charge is 2.38. The molecule has 12 rings (SSSR count). The van der Waals surface area contributed by atoms with Crippen LogP contribution in [0.4, 0.5) is 0 Å². The molecule has 3 heterocycles. The predicted octanol–water partition coefficient (Wildman–Crippen LogP) is 13.5. The summed E-state index contributed by atoms with van der Waals surface area (Å²) in [6, 6.07) is 59.3. The van der Waals surface area contributed by atoms with Gasteiger partial charge in [0.05, 0.1) is 5.92 Å². The van der Waals surface area contributed by atoms with Crippen molar-refractivity contribution < 1.29 is 9.15 Å². The van der Waals surface area contributed by atoms with Crippen LogP contribution in [-0.2, 0) is 0 Å². The molecule has 2 unspecified atom stereocenters. The fourth-order valence-electron chi connectivity index (χ4n) is 8.93. The normalized spacial score (nSPS) is 15.8. The Hall–Kier alpha value is -7.63. The zero-order valence-electron chi connectivity index (χ0n) is 31.2. The van der Waals surface area contributed by atoms with Gasteiger partial charge in [0.2, 0.25) is 0 Å². The number of aromatic nitrogens is 3. The fourth-order valence-corrected chi connectivity index (χ4v) is 8.93. The van der Waals surface area contributed by atoms with Gasteiger partial charge in [0.1, 0.15) is 22.7 Å². The Morgan fingerprint density at radius 3 is 1.90 bits per heavy atom. The third kappa shape index (κ3) is 5.28. The van der Waals surface area contributed by atoms with Gasteiger partial charge in [-0.3, -0.25) is 0 Å². The van der Waals surface area contributed by atoms with Gasteiger partial charge in [0.25, 0.3) is 0 Å². The largest absolute Gasteiger partial charge is 0.461 e. The topological polar surface area (TPSA) is 61.0 Å². The van der Waals surface area contributed by atoms with E-state index in [2.05, 4.69) is 164 Å². The maximum Gasteiger partial charge on any atom is 0.164 e. The number of ether oxygens (including phenoxy) is 1. The zero-order valence-corrected chi connectivity index (χ0v) is 31.2. The lowest BCUT2D eigenvalue weighted by atomic mass is 9.78. The molecular weight excluding hydrogens is 711 g/mol. The quantitative estimate of drug-likeness (QED) is 0.176. The van der Waals surface area contributed by atoms with E-state index in [1.54, 1.807) is 0 Å². The van der Waals surface area contributed by atoms with Crippen LogP contribution in [0.25, 0.3) is 88.8 Å². The number of benzene rings is 8. The first kappa shape index (κ1) is 32.6. The van der Waals surface area contributed by atoms with Gasteiger partial charge in [-0.05, 0) is 63.0 Å². The lowest BCUT2D eigenvalue weighted by molar-refractivity contribution is 0.416. The summed E-state index contributed by atoms with van der Waals surface area (Å²) in [5, 5.41) is 6.74. The van der Waals surface area contributed by atoms with E-state index in [1.807, 2.05) is 24.3 Å². The highest BCUT2D eigenvalue weighted by atomic mass is 16.5. The van der Waals surface area contributed by atoms with Crippen molar-refractivity contribution >= 4 is 43.5 Å². The van der Waals surface area contributed by atoms with E-state index in [1.165, 1.54) is 21.7 Å². The summed E-state index contributed by atoms with van der Waals surface area (Å²) in [7, 11) is 0. The molecule has 0 spiro atoms. The number of rotatable bonds is 5. The third-order valence-corrected chi connectivity index (χ3v) is 11.7. The Morgan fingerprint density at radius 1 is 0.466 bits per heavy atom. The monoisotopic (exact) mass is 743 g/mol. The highest BCUT2D eigenvalue weighted by molar-refractivity contribution is 6.12. The summed E-state index contributed by atoms with van der Waals surface area (Å²) in [5.41, 5.74) is 8.98. The van der Waals surface area contributed by atoms with Gasteiger partial charge < -0.3 is 9.15 Å². The van der Waals surface area contributed by atoms with Crippen molar-refractivity contribution in [2.45, 2.75) is 11.8 Å². The van der Waals surface area contributed by atoms with E-state index in [-0.39, 0.29) is 11.8 Å². The molecule has 58 heavy (non-hydrogen) atoms. The van der Waals surface area contributed by atoms with Crippen molar-refractivity contribution in [3.05, 3.63) is 205 Å². The molecule has 1 aliphatic heterocycles. The first-order valence-corrected chi connectivity index (χ1v) is 19.7. The molecule has 5 heteroatoms. The van der Waals surface area contributed by atoms with Crippen LogP contribution in [0.5, 0.6) is 5.75 Å². The second-order valence-electron chi connectivity index (χ2n) is 15.1. The van der Waals surface area contributed by atoms with Crippen molar-refractivity contribution in [1.29, 1.82) is 0 Å². The molecule has 0 saturated carbocycles. The van der Waals surface area contributed by atoms with Gasteiger partial charge >= 0.3 is 0 Å². The fraction of sp³-hybridized carbons (Fsp3) is 0.0377. The SMILES string of the molecule is C1=CC(c2cccc3c2oc2cccc(-c4nc(-c5ccc(-c6ccc7ccccc7c6)cc5)nc(-c5ccc6ccccc6c5)n4)c23)C2C(=C1)Oc1ccccc12. The van der Waals surface area contributed by atoms with E-state index in [0.29, 0.717) is 17.5 Å². The van der Waals surface area contributed by atoms with Crippen LogP contribution in [0.15, 0.2) is 198 Å². The Kier molecular flexibility index (Phi) is 7.29. The third-order valence-electron chi connectivity index (χ3n) is 11.7. The summed E-state index contributed by atoms with van der Waals surface area (Å²) in [6.45, 7) is 0. The van der Waals surface area contributed by atoms with E-state index in [4.69, 9.17) is 24.1 Å². The molecule has 0 bridgehead atoms. The molecule has 0 radical (unpaired) electrons. The number of para-hydroxylation sites is 2. The predicted molar refractivity (Wildman–Crippen MR) is 234 cm³/mol. The smallest absolute Gasteiger partial charge is 0.164 e. The van der Waals surface area contributed by atoms with Gasteiger partial charge in [-0.2, -0.15) is 0 Å². The lowest BCUT2D eigenvalue weighted by Gasteiger charge is -2.24. The van der Waals surface area contributed by atoms with Crippen LogP contribution in [0, 0.1) is 0 Å². The van der Waals surface area contributed by atoms with Crippen LogP contribution in [0.1, 0.15) is 23.0 Å². The summed E-state index contributed by atoms with van der Waals surface area (Å²) >= 11 is 0. The molecule has 8 aromatic carbocycles. The van der Waals surface area contributed by atoms with Crippen molar-refractivity contribution in [3.63, 3.8) is 0 Å². The van der Waals surface area contributed by atoms with E-state index >= 15 is 0 Å². The van der Waals surface area contributed by atoms with E-state index in [0.717, 1.165) is 72.2 Å². The maximum atomic E-state index is 6.83. The Bertz CT molecular complexity index is 3340. The van der Waals surface area contributed by atoms with Crippen molar-refractivity contribution in [2.24, 2.45) is 0 Å². The van der Waals surface area contributed by atoms with Gasteiger partial charge in [0, 0.05) is 44.5 Å². The molecule has 10 aromatic rings. The molecule has 2 aliphatic rings. The number of furan rings is 1. The molecule has 0 saturated heterocycles. The number of nitrogens with zero attached hydrogens (tertiary/aromatic N) is 3. The van der Waals surface area contributed by atoms with Crippen LogP contribution < -0.4 is 4.74 Å². The van der Waals surface area contributed by atoms with Gasteiger partial charge in [-0.15, -0.1) is 0 Å². The number of hydrogen-bond acceptors (Lipinski definition) is 5. The summed E-state index contributed by atoms with van der Waals surface area (Å²) in [5.74, 6) is 3.80. The number of allylic oxidation sites excluding steroid dienone is 4. The van der Waals surface area contributed by atoms with Crippen LogP contribution in [0.2, 0.25) is 0 Å². The Morgan fingerprint density at radius 2 is 1.09 bits per heavy atom. The standard InChI is InChI=1S/C53H33N3O2/c1-3-12-36-30-38(28-24-32(36)10-1)34-22-26-35(27-23-34)51-54-52(39-29-25-33-11-2-4-13-37(33)31-39)56-53(55-51)44-18-9-21-47-49(44)43-17-7-16-41(50(43)58-47)40-15-8-20-46-48(40)42-14-5-6-19-45(42)57-46/h1-31,40,48H. The minimum Gasteiger partial charge on any atom is -0.461 e. The molecule has 272 valence electrons. The molecule has 5 nitrogen and oxygen atoms in total. The van der Waals surface area contributed by atoms with Crippen LogP contribution in [0.3, 0.4) is 0 Å². The van der Waals surface area contributed by atoms with Crippen LogP contribution >= 0.6 is 0 Å². The molecule has 2 atom stereocenters. The van der Waals surface area contributed by atoms with Gasteiger partial charge in [0.15, 0.2) is 17.5 Å². The second kappa shape index (κ2) is 13.0. The zero-order chi connectivity index (χ0) is 38.2. The highest BCUT2D eigenvalue weighted by Crippen LogP contribution is 2.52. The minimum atomic E-state index is 0.0391. The Balaban J connectivity index is 1.01. The molecule has 0 fully saturated rings. The molecule has 0 N–H and O–H groups in total. The number of hydrogen-bond donors (Lipinski definition) is 0. The minimum absolute atomic E-state index is 0.0391.